The molecule has 0 amide bonds. The van der Waals surface area contributed by atoms with Crippen molar-refractivity contribution in [1.29, 1.82) is 0 Å². The van der Waals surface area contributed by atoms with Crippen LogP contribution in [0, 0.1) is 0 Å². The van der Waals surface area contributed by atoms with Gasteiger partial charge in [-0.15, -0.1) is 0 Å². The number of hydrogen-bond acceptors (Lipinski definition) is 3. The van der Waals surface area contributed by atoms with Gasteiger partial charge in [0.25, 0.3) is 0 Å². The lowest BCUT2D eigenvalue weighted by Gasteiger charge is -2.15. The van der Waals surface area contributed by atoms with Gasteiger partial charge in [-0.25, -0.2) is 0 Å². The molecule has 124 valence electrons. The van der Waals surface area contributed by atoms with E-state index in [2.05, 4.69) is 5.32 Å². The largest absolute Gasteiger partial charge is 0.496 e. The first kappa shape index (κ1) is 17.3. The highest BCUT2D eigenvalue weighted by Crippen LogP contribution is 2.30. The summed E-state index contributed by atoms with van der Waals surface area (Å²) in [5.74, 6) is 0.716. The summed E-state index contributed by atoms with van der Waals surface area (Å²) < 4.78 is 43.2. The second-order valence-corrected chi connectivity index (χ2v) is 5.08. The second-order valence-electron chi connectivity index (χ2n) is 5.08. The minimum absolute atomic E-state index is 0.138. The summed E-state index contributed by atoms with van der Waals surface area (Å²) in [5.41, 5.74) is 0.373. The Morgan fingerprint density at radius 2 is 1.87 bits per heavy atom. The Morgan fingerprint density at radius 1 is 1.13 bits per heavy atom. The maximum Gasteiger partial charge on any atom is 0.416 e. The Morgan fingerprint density at radius 3 is 2.57 bits per heavy atom. The average Bonchev–Trinajstić information content (AvgIpc) is 2.54. The van der Waals surface area contributed by atoms with Gasteiger partial charge >= 0.3 is 6.18 Å². The average molecular weight is 325 g/mol. The number of nitrogens with one attached hydrogen (secondary N) is 1. The third kappa shape index (κ3) is 4.71. The molecule has 3 nitrogen and oxygen atoms in total. The zero-order valence-corrected chi connectivity index (χ0v) is 12.6. The maximum absolute atomic E-state index is 12.7. The van der Waals surface area contributed by atoms with E-state index in [9.17, 15) is 18.3 Å². The molecule has 2 N–H and O–H groups in total. The third-order valence-corrected chi connectivity index (χ3v) is 3.44. The van der Waals surface area contributed by atoms with Gasteiger partial charge in [-0.2, -0.15) is 13.2 Å². The highest BCUT2D eigenvalue weighted by Gasteiger charge is 2.30. The Balaban J connectivity index is 1.96. The molecule has 0 aliphatic carbocycles. The maximum atomic E-state index is 12.7. The summed E-state index contributed by atoms with van der Waals surface area (Å²) in [6, 6.07) is 12.1. The first-order chi connectivity index (χ1) is 10.9. The lowest BCUT2D eigenvalue weighted by Crippen LogP contribution is -2.21. The van der Waals surface area contributed by atoms with E-state index in [1.54, 1.807) is 7.11 Å². The number of rotatable bonds is 6. The molecule has 0 spiro atoms. The van der Waals surface area contributed by atoms with Gasteiger partial charge in [0.2, 0.25) is 0 Å². The van der Waals surface area contributed by atoms with E-state index < -0.39 is 17.8 Å². The van der Waals surface area contributed by atoms with Crippen LogP contribution in [0.15, 0.2) is 48.5 Å². The van der Waals surface area contributed by atoms with Crippen molar-refractivity contribution in [3.8, 4) is 5.75 Å². The van der Waals surface area contributed by atoms with Crippen LogP contribution in [0.25, 0.3) is 0 Å². The van der Waals surface area contributed by atoms with E-state index in [1.165, 1.54) is 12.1 Å². The van der Waals surface area contributed by atoms with E-state index in [1.807, 2.05) is 24.3 Å². The van der Waals surface area contributed by atoms with Gasteiger partial charge < -0.3 is 15.2 Å². The van der Waals surface area contributed by atoms with Crippen molar-refractivity contribution in [3.63, 3.8) is 0 Å². The van der Waals surface area contributed by atoms with Crippen LogP contribution >= 0.6 is 0 Å². The lowest BCUT2D eigenvalue weighted by molar-refractivity contribution is -0.137. The number of alkyl halides is 3. The van der Waals surface area contributed by atoms with Crippen LogP contribution < -0.4 is 10.1 Å². The summed E-state index contributed by atoms with van der Waals surface area (Å²) in [6.07, 6.45) is -5.44. The van der Waals surface area contributed by atoms with Gasteiger partial charge in [0.1, 0.15) is 5.75 Å². The smallest absolute Gasteiger partial charge is 0.416 e. The summed E-state index contributed by atoms with van der Waals surface area (Å²) >= 11 is 0. The van der Waals surface area contributed by atoms with Gasteiger partial charge in [0, 0.05) is 18.7 Å². The van der Waals surface area contributed by atoms with Gasteiger partial charge in [-0.3, -0.25) is 0 Å². The number of halogens is 3. The monoisotopic (exact) mass is 325 g/mol. The summed E-state index contributed by atoms with van der Waals surface area (Å²) in [4.78, 5) is 0. The van der Waals surface area contributed by atoms with E-state index in [-0.39, 0.29) is 12.1 Å². The summed E-state index contributed by atoms with van der Waals surface area (Å²) in [7, 11) is 1.57. The Hall–Kier alpha value is -2.05. The van der Waals surface area contributed by atoms with E-state index in [0.717, 1.165) is 17.7 Å². The van der Waals surface area contributed by atoms with Crippen LogP contribution in [0.4, 0.5) is 13.2 Å². The van der Waals surface area contributed by atoms with Crippen LogP contribution in [0.1, 0.15) is 22.8 Å². The molecule has 1 unspecified atom stereocenters. The van der Waals surface area contributed by atoms with Gasteiger partial charge in [-0.1, -0.05) is 30.3 Å². The van der Waals surface area contributed by atoms with Crippen LogP contribution in [0.5, 0.6) is 5.75 Å². The van der Waals surface area contributed by atoms with Crippen molar-refractivity contribution in [2.75, 3.05) is 13.7 Å². The molecule has 23 heavy (non-hydrogen) atoms. The molecule has 2 rings (SSSR count). The number of ether oxygens (including phenoxy) is 1. The molecule has 0 aliphatic heterocycles. The molecule has 1 atom stereocenters. The molecule has 0 fully saturated rings. The number of methoxy groups -OCH3 is 1. The summed E-state index contributed by atoms with van der Waals surface area (Å²) in [6.45, 7) is 0.583. The molecule has 0 aliphatic rings. The first-order valence-corrected chi connectivity index (χ1v) is 7.09. The quantitative estimate of drug-likeness (QED) is 0.854. The van der Waals surface area contributed by atoms with E-state index >= 15 is 0 Å². The van der Waals surface area contributed by atoms with E-state index in [0.29, 0.717) is 12.3 Å². The fourth-order valence-corrected chi connectivity index (χ4v) is 2.23. The number of aliphatic hydroxyl groups is 1. The van der Waals surface area contributed by atoms with Gasteiger partial charge in [0.05, 0.1) is 18.8 Å². The third-order valence-electron chi connectivity index (χ3n) is 3.44. The Kier molecular flexibility index (Phi) is 5.63. The SMILES string of the molecule is COc1ccccc1CNCC(O)c1cccc(C(F)(F)F)c1. The molecule has 2 aromatic rings. The number of hydrogen-bond donors (Lipinski definition) is 2. The standard InChI is InChI=1S/C17H18F3NO2/c1-23-16-8-3-2-5-13(16)10-21-11-15(22)12-6-4-7-14(9-12)17(18,19)20/h2-9,15,21-22H,10-11H2,1H3. The fourth-order valence-electron chi connectivity index (χ4n) is 2.23. The van der Waals surface area contributed by atoms with Crippen LogP contribution in [-0.4, -0.2) is 18.8 Å². The number of aliphatic hydroxyl groups excluding tert-OH is 1. The Bertz CT molecular complexity index is 644. The van der Waals surface area contributed by atoms with Crippen molar-refractivity contribution in [2.24, 2.45) is 0 Å². The second kappa shape index (κ2) is 7.48. The van der Waals surface area contributed by atoms with Crippen molar-refractivity contribution in [2.45, 2.75) is 18.8 Å². The number of para-hydroxylation sites is 1. The predicted molar refractivity (Wildman–Crippen MR) is 81.1 cm³/mol. The molecule has 0 aromatic heterocycles. The normalized spacial score (nSPS) is 12.9. The number of benzene rings is 2. The topological polar surface area (TPSA) is 41.5 Å². The molecule has 0 saturated carbocycles. The highest BCUT2D eigenvalue weighted by atomic mass is 19.4. The molecule has 0 bridgehead atoms. The molecule has 2 aromatic carbocycles. The first-order valence-electron chi connectivity index (χ1n) is 7.09. The van der Waals surface area contributed by atoms with E-state index in [4.69, 9.17) is 4.74 Å². The lowest BCUT2D eigenvalue weighted by atomic mass is 10.1. The Labute approximate surface area is 132 Å². The van der Waals surface area contributed by atoms with Crippen LogP contribution in [0.3, 0.4) is 0 Å². The van der Waals surface area contributed by atoms with Gasteiger partial charge in [0.15, 0.2) is 0 Å². The molecule has 0 radical (unpaired) electrons. The van der Waals surface area contributed by atoms with Crippen LogP contribution in [-0.2, 0) is 12.7 Å². The highest BCUT2D eigenvalue weighted by molar-refractivity contribution is 5.33. The zero-order valence-electron chi connectivity index (χ0n) is 12.6. The molecule has 0 saturated heterocycles. The zero-order chi connectivity index (χ0) is 16.9. The van der Waals surface area contributed by atoms with Crippen molar-refractivity contribution in [3.05, 3.63) is 65.2 Å². The molecular formula is C17H18F3NO2. The van der Waals surface area contributed by atoms with Gasteiger partial charge in [-0.05, 0) is 23.8 Å². The van der Waals surface area contributed by atoms with Crippen molar-refractivity contribution in [1.82, 2.24) is 5.32 Å². The fraction of sp³-hybridized carbons (Fsp3) is 0.294. The molecule has 6 heteroatoms. The minimum Gasteiger partial charge on any atom is -0.496 e. The predicted octanol–water partition coefficient (Wildman–Crippen LogP) is 3.54. The molecule has 0 heterocycles. The minimum atomic E-state index is -4.42. The molecular weight excluding hydrogens is 307 g/mol. The van der Waals surface area contributed by atoms with Crippen molar-refractivity contribution >= 4 is 0 Å². The summed E-state index contributed by atoms with van der Waals surface area (Å²) in [5, 5.41) is 13.1. The van der Waals surface area contributed by atoms with Crippen molar-refractivity contribution < 1.29 is 23.0 Å². The van der Waals surface area contributed by atoms with Crippen LogP contribution in [0.2, 0.25) is 0 Å².